The number of aromatic nitrogens is 2. The Morgan fingerprint density at radius 2 is 2.29 bits per heavy atom. The van der Waals surface area contributed by atoms with Crippen molar-refractivity contribution < 1.29 is 0 Å². The van der Waals surface area contributed by atoms with Crippen molar-refractivity contribution in [2.45, 2.75) is 44.7 Å². The Balaban J connectivity index is 1.34. The average Bonchev–Trinajstić information content (AvgIpc) is 2.85. The summed E-state index contributed by atoms with van der Waals surface area (Å²) in [6.45, 7) is 5.14. The van der Waals surface area contributed by atoms with Crippen LogP contribution >= 0.6 is 0 Å². The van der Waals surface area contributed by atoms with E-state index < -0.39 is 0 Å². The second-order valence-corrected chi connectivity index (χ2v) is 6.55. The Bertz CT molecular complexity index is 645. The molecule has 4 rings (SSSR count). The molecule has 2 atom stereocenters. The van der Waals surface area contributed by atoms with E-state index in [0.29, 0.717) is 5.41 Å². The predicted octanol–water partition coefficient (Wildman–Crippen LogP) is 2.90. The topological polar surface area (TPSA) is 29.9 Å². The molecule has 1 fully saturated rings. The molecule has 1 aromatic heterocycles. The number of nitrogens with zero attached hydrogens (tertiary/aromatic N) is 2. The Labute approximate surface area is 126 Å². The number of fused-ring (bicyclic) bond motifs is 2. The van der Waals surface area contributed by atoms with Gasteiger partial charge in [0.25, 0.3) is 0 Å². The van der Waals surface area contributed by atoms with Gasteiger partial charge in [0.2, 0.25) is 0 Å². The van der Waals surface area contributed by atoms with Crippen molar-refractivity contribution in [1.29, 1.82) is 0 Å². The van der Waals surface area contributed by atoms with Crippen LogP contribution in [-0.2, 0) is 24.9 Å². The first-order chi connectivity index (χ1) is 10.3. The highest BCUT2D eigenvalue weighted by Gasteiger charge is 2.57. The van der Waals surface area contributed by atoms with Crippen molar-refractivity contribution in [3.63, 3.8) is 0 Å². The summed E-state index contributed by atoms with van der Waals surface area (Å²) in [5.41, 5.74) is 5.02. The van der Waals surface area contributed by atoms with Crippen molar-refractivity contribution in [1.82, 2.24) is 15.1 Å². The highest BCUT2D eigenvalue weighted by atomic mass is 15.3. The van der Waals surface area contributed by atoms with E-state index in [2.05, 4.69) is 47.8 Å². The maximum Gasteiger partial charge on any atom is 0.0534 e. The van der Waals surface area contributed by atoms with E-state index in [1.54, 1.807) is 11.1 Å². The zero-order valence-corrected chi connectivity index (χ0v) is 12.7. The lowest BCUT2D eigenvalue weighted by Gasteiger charge is -2.11. The number of aryl methyl sites for hydroxylation is 2. The monoisotopic (exact) mass is 281 g/mol. The minimum Gasteiger partial charge on any atom is -0.312 e. The molecule has 0 bridgehead atoms. The maximum absolute atomic E-state index is 4.33. The summed E-state index contributed by atoms with van der Waals surface area (Å²) in [5, 5.41) is 7.96. The van der Waals surface area contributed by atoms with Crippen LogP contribution in [0, 0.1) is 5.92 Å². The molecule has 1 saturated carbocycles. The van der Waals surface area contributed by atoms with Gasteiger partial charge < -0.3 is 5.32 Å². The molecular weight excluding hydrogens is 258 g/mol. The molecule has 2 aliphatic carbocycles. The summed E-state index contributed by atoms with van der Waals surface area (Å²) in [7, 11) is 0. The van der Waals surface area contributed by atoms with Gasteiger partial charge in [-0.1, -0.05) is 24.3 Å². The molecule has 1 spiro atoms. The van der Waals surface area contributed by atoms with Crippen molar-refractivity contribution in [2.75, 3.05) is 6.54 Å². The number of nitrogens with one attached hydrogen (secondary N) is 1. The van der Waals surface area contributed by atoms with Gasteiger partial charge in [-0.25, -0.2) is 0 Å². The van der Waals surface area contributed by atoms with Crippen LogP contribution in [0.4, 0.5) is 0 Å². The Hall–Kier alpha value is -1.61. The summed E-state index contributed by atoms with van der Waals surface area (Å²) >= 11 is 0. The standard InChI is InChI=1S/C18H23N3/c1-2-21-13-14(11-20-21)10-19-12-16-9-18(16)8-7-15-5-3-4-6-17(15)18/h3-6,11,13,16,19H,2,7-10,12H2,1H3/t16-,18-/m1/s1. The minimum atomic E-state index is 0.511. The van der Waals surface area contributed by atoms with Crippen LogP contribution in [0.2, 0.25) is 0 Å². The van der Waals surface area contributed by atoms with Gasteiger partial charge in [0.05, 0.1) is 6.20 Å². The lowest BCUT2D eigenvalue weighted by atomic mass is 9.95. The minimum absolute atomic E-state index is 0.511. The summed E-state index contributed by atoms with van der Waals surface area (Å²) in [6.07, 6.45) is 8.11. The van der Waals surface area contributed by atoms with Crippen LogP contribution in [0.25, 0.3) is 0 Å². The summed E-state index contributed by atoms with van der Waals surface area (Å²) in [4.78, 5) is 0. The fraction of sp³-hybridized carbons (Fsp3) is 0.500. The van der Waals surface area contributed by atoms with Gasteiger partial charge in [0.1, 0.15) is 0 Å². The normalized spacial score (nSPS) is 26.2. The highest BCUT2D eigenvalue weighted by molar-refractivity contribution is 5.45. The van der Waals surface area contributed by atoms with Gasteiger partial charge in [0, 0.05) is 30.3 Å². The summed E-state index contributed by atoms with van der Waals surface area (Å²) < 4.78 is 1.99. The third-order valence-corrected chi connectivity index (χ3v) is 5.36. The number of hydrogen-bond acceptors (Lipinski definition) is 2. The number of hydrogen-bond donors (Lipinski definition) is 1. The van der Waals surface area contributed by atoms with Crippen LogP contribution in [0.15, 0.2) is 36.7 Å². The van der Waals surface area contributed by atoms with E-state index in [4.69, 9.17) is 0 Å². The molecule has 0 radical (unpaired) electrons. The molecule has 21 heavy (non-hydrogen) atoms. The smallest absolute Gasteiger partial charge is 0.0534 e. The first kappa shape index (κ1) is 13.1. The van der Waals surface area contributed by atoms with Crippen LogP contribution in [-0.4, -0.2) is 16.3 Å². The molecule has 0 saturated heterocycles. The van der Waals surface area contributed by atoms with E-state index >= 15 is 0 Å². The highest BCUT2D eigenvalue weighted by Crippen LogP contribution is 2.61. The molecule has 3 nitrogen and oxygen atoms in total. The Morgan fingerprint density at radius 1 is 1.38 bits per heavy atom. The summed E-state index contributed by atoms with van der Waals surface area (Å²) in [6, 6.07) is 9.05. The molecule has 110 valence electrons. The van der Waals surface area contributed by atoms with Gasteiger partial charge in [-0.15, -0.1) is 0 Å². The first-order valence-electron chi connectivity index (χ1n) is 8.12. The van der Waals surface area contributed by atoms with E-state index in [1.165, 1.54) is 24.8 Å². The molecular formula is C18H23N3. The molecule has 0 aliphatic heterocycles. The number of rotatable bonds is 5. The quantitative estimate of drug-likeness (QED) is 0.913. The fourth-order valence-electron chi connectivity index (χ4n) is 4.06. The van der Waals surface area contributed by atoms with Crippen molar-refractivity contribution in [3.8, 4) is 0 Å². The lowest BCUT2D eigenvalue weighted by molar-refractivity contribution is 0.547. The molecule has 1 N–H and O–H groups in total. The second-order valence-electron chi connectivity index (χ2n) is 6.55. The van der Waals surface area contributed by atoms with Crippen LogP contribution in [0.1, 0.15) is 36.5 Å². The van der Waals surface area contributed by atoms with Gasteiger partial charge in [-0.3, -0.25) is 4.68 Å². The Morgan fingerprint density at radius 3 is 3.14 bits per heavy atom. The molecule has 2 aliphatic rings. The number of benzene rings is 1. The molecule has 2 aromatic rings. The van der Waals surface area contributed by atoms with E-state index in [9.17, 15) is 0 Å². The predicted molar refractivity (Wildman–Crippen MR) is 84.2 cm³/mol. The van der Waals surface area contributed by atoms with Crippen molar-refractivity contribution in [2.24, 2.45) is 5.92 Å². The zero-order chi connectivity index (χ0) is 14.3. The van der Waals surface area contributed by atoms with Crippen LogP contribution in [0.5, 0.6) is 0 Å². The average molecular weight is 281 g/mol. The first-order valence-corrected chi connectivity index (χ1v) is 8.12. The third-order valence-electron chi connectivity index (χ3n) is 5.36. The van der Waals surface area contributed by atoms with E-state index in [1.807, 2.05) is 10.9 Å². The van der Waals surface area contributed by atoms with Crippen molar-refractivity contribution in [3.05, 3.63) is 53.3 Å². The van der Waals surface area contributed by atoms with Gasteiger partial charge in [-0.05, 0) is 49.8 Å². The van der Waals surface area contributed by atoms with Gasteiger partial charge in [0.15, 0.2) is 0 Å². The fourth-order valence-corrected chi connectivity index (χ4v) is 4.06. The van der Waals surface area contributed by atoms with E-state index in [0.717, 1.165) is 25.6 Å². The largest absolute Gasteiger partial charge is 0.312 e. The molecule has 1 heterocycles. The van der Waals surface area contributed by atoms with Crippen molar-refractivity contribution >= 4 is 0 Å². The SMILES string of the molecule is CCn1cc(CNC[C@H]2C[C@]23CCc2ccccc23)cn1. The van der Waals surface area contributed by atoms with E-state index in [-0.39, 0.29) is 0 Å². The van der Waals surface area contributed by atoms with Gasteiger partial charge in [-0.2, -0.15) is 5.10 Å². The van der Waals surface area contributed by atoms with Gasteiger partial charge >= 0.3 is 0 Å². The maximum atomic E-state index is 4.33. The Kier molecular flexibility index (Phi) is 3.11. The molecule has 0 unspecified atom stereocenters. The third kappa shape index (κ3) is 2.20. The van der Waals surface area contributed by atoms with Crippen LogP contribution in [0.3, 0.4) is 0 Å². The molecule has 1 aromatic carbocycles. The molecule has 3 heteroatoms. The lowest BCUT2D eigenvalue weighted by Crippen LogP contribution is -2.20. The molecule has 0 amide bonds. The second kappa shape index (κ2) is 4.99. The summed E-state index contributed by atoms with van der Waals surface area (Å²) in [5.74, 6) is 0.822. The van der Waals surface area contributed by atoms with Crippen LogP contribution < -0.4 is 5.32 Å². The zero-order valence-electron chi connectivity index (χ0n) is 12.7.